The molecule has 2 aromatic heterocycles. The Hall–Kier alpha value is -2.81. The van der Waals surface area contributed by atoms with Crippen LogP contribution in [0.3, 0.4) is 0 Å². The summed E-state index contributed by atoms with van der Waals surface area (Å²) in [7, 11) is 0. The van der Waals surface area contributed by atoms with Crippen molar-refractivity contribution in [3.05, 3.63) is 87.8 Å². The molecule has 0 saturated carbocycles. The average Bonchev–Trinajstić information content (AvgIpc) is 3.46. The number of carbonyl (C=O) groups excluding carboxylic acids is 1. The molecule has 0 spiro atoms. The van der Waals surface area contributed by atoms with Crippen LogP contribution < -0.4 is 10.1 Å². The number of amides is 1. The van der Waals surface area contributed by atoms with Gasteiger partial charge in [0, 0.05) is 10.6 Å². The number of thioether (sulfide) groups is 1. The molecule has 0 bridgehead atoms. The van der Waals surface area contributed by atoms with Gasteiger partial charge in [0.2, 0.25) is 5.91 Å². The molecule has 1 amide bonds. The zero-order valence-corrected chi connectivity index (χ0v) is 18.8. The fourth-order valence-corrected chi connectivity index (χ4v) is 4.44. The Labute approximate surface area is 193 Å². The molecule has 4 rings (SSSR count). The number of para-hydroxylation sites is 2. The summed E-state index contributed by atoms with van der Waals surface area (Å²) in [6, 6.07) is 21.0. The van der Waals surface area contributed by atoms with Gasteiger partial charge in [0.05, 0.1) is 17.3 Å². The normalized spacial score (nSPS) is 10.7. The van der Waals surface area contributed by atoms with Crippen LogP contribution in [0.15, 0.2) is 77.3 Å². The fourth-order valence-electron chi connectivity index (χ4n) is 2.81. The van der Waals surface area contributed by atoms with E-state index >= 15 is 0 Å². The minimum atomic E-state index is -0.0603. The van der Waals surface area contributed by atoms with E-state index in [-0.39, 0.29) is 18.3 Å². The first-order chi connectivity index (χ1) is 15.2. The van der Waals surface area contributed by atoms with Gasteiger partial charge in [-0.2, -0.15) is 0 Å². The van der Waals surface area contributed by atoms with Crippen molar-refractivity contribution in [3.63, 3.8) is 0 Å². The number of benzene rings is 2. The van der Waals surface area contributed by atoms with Crippen molar-refractivity contribution in [2.75, 3.05) is 5.75 Å². The van der Waals surface area contributed by atoms with Gasteiger partial charge in [0.25, 0.3) is 0 Å². The van der Waals surface area contributed by atoms with Gasteiger partial charge in [-0.3, -0.25) is 9.36 Å². The molecule has 0 aliphatic heterocycles. The lowest BCUT2D eigenvalue weighted by Crippen LogP contribution is -2.24. The molecule has 6 nitrogen and oxygen atoms in total. The van der Waals surface area contributed by atoms with E-state index in [1.165, 1.54) is 11.8 Å². The Kier molecular flexibility index (Phi) is 7.24. The molecule has 2 aromatic carbocycles. The summed E-state index contributed by atoms with van der Waals surface area (Å²) in [6.45, 7) is 0.718. The van der Waals surface area contributed by atoms with Gasteiger partial charge in [0.1, 0.15) is 12.4 Å². The molecule has 31 heavy (non-hydrogen) atoms. The lowest BCUT2D eigenvalue weighted by molar-refractivity contribution is -0.118. The third-order valence-electron chi connectivity index (χ3n) is 4.28. The summed E-state index contributed by atoms with van der Waals surface area (Å²) < 4.78 is 7.76. The highest BCUT2D eigenvalue weighted by molar-refractivity contribution is 7.99. The zero-order chi connectivity index (χ0) is 21.5. The number of ether oxygens (including phenoxy) is 1. The molecule has 2 heterocycles. The number of carbonyl (C=O) groups is 1. The SMILES string of the molecule is O=C(CSc1nnc(COc2ccccc2Cl)n1-c1ccccc1)NCc1cccs1. The van der Waals surface area contributed by atoms with Crippen LogP contribution in [0.1, 0.15) is 10.7 Å². The van der Waals surface area contributed by atoms with E-state index in [9.17, 15) is 4.79 Å². The Bertz CT molecular complexity index is 1130. The van der Waals surface area contributed by atoms with Crippen molar-refractivity contribution in [2.24, 2.45) is 0 Å². The van der Waals surface area contributed by atoms with Gasteiger partial charge in [-0.25, -0.2) is 0 Å². The topological polar surface area (TPSA) is 69.0 Å². The maximum absolute atomic E-state index is 12.3. The molecule has 0 fully saturated rings. The number of hydrogen-bond acceptors (Lipinski definition) is 6. The first kappa shape index (κ1) is 21.4. The largest absolute Gasteiger partial charge is 0.484 e. The standard InChI is InChI=1S/C22H19ClN4O2S2/c23-18-10-4-5-11-19(18)29-14-20-25-26-22(27(20)16-7-2-1-3-8-16)31-15-21(28)24-13-17-9-6-12-30-17/h1-12H,13-15H2,(H,24,28). The highest BCUT2D eigenvalue weighted by atomic mass is 35.5. The van der Waals surface area contributed by atoms with E-state index in [0.717, 1.165) is 10.6 Å². The fraction of sp³-hybridized carbons (Fsp3) is 0.136. The third-order valence-corrected chi connectivity index (χ3v) is 6.40. The quantitative estimate of drug-likeness (QED) is 0.350. The van der Waals surface area contributed by atoms with E-state index < -0.39 is 0 Å². The first-order valence-electron chi connectivity index (χ1n) is 9.49. The highest BCUT2D eigenvalue weighted by Gasteiger charge is 2.17. The number of thiophene rings is 1. The van der Waals surface area contributed by atoms with E-state index in [4.69, 9.17) is 16.3 Å². The van der Waals surface area contributed by atoms with Crippen molar-refractivity contribution in [3.8, 4) is 11.4 Å². The molecular weight excluding hydrogens is 452 g/mol. The predicted octanol–water partition coefficient (Wildman–Crippen LogP) is 4.97. The van der Waals surface area contributed by atoms with Crippen LogP contribution >= 0.6 is 34.7 Å². The van der Waals surface area contributed by atoms with Crippen molar-refractivity contribution in [1.82, 2.24) is 20.1 Å². The third kappa shape index (κ3) is 5.66. The number of hydrogen-bond donors (Lipinski definition) is 1. The Morgan fingerprint density at radius 1 is 1.06 bits per heavy atom. The maximum atomic E-state index is 12.3. The summed E-state index contributed by atoms with van der Waals surface area (Å²) in [5.41, 5.74) is 0.895. The number of nitrogens with one attached hydrogen (secondary N) is 1. The van der Waals surface area contributed by atoms with Crippen LogP contribution in [0.25, 0.3) is 5.69 Å². The first-order valence-corrected chi connectivity index (χ1v) is 11.7. The summed E-state index contributed by atoms with van der Waals surface area (Å²) in [5, 5.41) is 14.7. The van der Waals surface area contributed by atoms with E-state index in [1.54, 1.807) is 23.5 Å². The predicted molar refractivity (Wildman–Crippen MR) is 124 cm³/mol. The second-order valence-corrected chi connectivity index (χ2v) is 8.82. The average molecular weight is 471 g/mol. The van der Waals surface area contributed by atoms with Gasteiger partial charge in [-0.05, 0) is 35.7 Å². The molecule has 0 aliphatic carbocycles. The molecule has 4 aromatic rings. The van der Waals surface area contributed by atoms with Crippen LogP contribution in [-0.4, -0.2) is 26.4 Å². The lowest BCUT2D eigenvalue weighted by atomic mass is 10.3. The summed E-state index contributed by atoms with van der Waals surface area (Å²) >= 11 is 9.14. The lowest BCUT2D eigenvalue weighted by Gasteiger charge is -2.11. The molecule has 158 valence electrons. The van der Waals surface area contributed by atoms with Crippen molar-refractivity contribution in [2.45, 2.75) is 18.3 Å². The molecule has 0 radical (unpaired) electrons. The van der Waals surface area contributed by atoms with Gasteiger partial charge in [0.15, 0.2) is 11.0 Å². The number of rotatable bonds is 9. The van der Waals surface area contributed by atoms with Crippen LogP contribution in [0.5, 0.6) is 5.75 Å². The zero-order valence-electron chi connectivity index (χ0n) is 16.4. The van der Waals surface area contributed by atoms with E-state index in [2.05, 4.69) is 15.5 Å². The molecule has 0 aliphatic rings. The van der Waals surface area contributed by atoms with Crippen LogP contribution in [-0.2, 0) is 17.9 Å². The summed E-state index contributed by atoms with van der Waals surface area (Å²) in [5.74, 6) is 1.37. The smallest absolute Gasteiger partial charge is 0.230 e. The van der Waals surface area contributed by atoms with Gasteiger partial charge in [-0.15, -0.1) is 21.5 Å². The molecule has 0 unspecified atom stereocenters. The molecule has 0 atom stereocenters. The Balaban J connectivity index is 1.47. The maximum Gasteiger partial charge on any atom is 0.230 e. The second-order valence-electron chi connectivity index (χ2n) is 6.43. The highest BCUT2D eigenvalue weighted by Crippen LogP contribution is 2.26. The minimum Gasteiger partial charge on any atom is -0.484 e. The van der Waals surface area contributed by atoms with E-state index in [0.29, 0.717) is 28.3 Å². The summed E-state index contributed by atoms with van der Waals surface area (Å²) in [4.78, 5) is 13.4. The Morgan fingerprint density at radius 3 is 2.65 bits per heavy atom. The van der Waals surface area contributed by atoms with Gasteiger partial charge < -0.3 is 10.1 Å². The van der Waals surface area contributed by atoms with Crippen LogP contribution in [0.2, 0.25) is 5.02 Å². The Morgan fingerprint density at radius 2 is 1.87 bits per heavy atom. The minimum absolute atomic E-state index is 0.0603. The monoisotopic (exact) mass is 470 g/mol. The second kappa shape index (κ2) is 10.5. The number of halogens is 1. The van der Waals surface area contributed by atoms with Gasteiger partial charge in [-0.1, -0.05) is 59.8 Å². The van der Waals surface area contributed by atoms with Crippen molar-refractivity contribution < 1.29 is 9.53 Å². The van der Waals surface area contributed by atoms with Crippen LogP contribution in [0.4, 0.5) is 0 Å². The van der Waals surface area contributed by atoms with Gasteiger partial charge >= 0.3 is 0 Å². The van der Waals surface area contributed by atoms with Crippen molar-refractivity contribution >= 4 is 40.6 Å². The number of nitrogens with zero attached hydrogens (tertiary/aromatic N) is 3. The molecule has 1 N–H and O–H groups in total. The molecular formula is C22H19ClN4O2S2. The van der Waals surface area contributed by atoms with Crippen molar-refractivity contribution in [1.29, 1.82) is 0 Å². The summed E-state index contributed by atoms with van der Waals surface area (Å²) in [6.07, 6.45) is 0. The number of aromatic nitrogens is 3. The molecule has 0 saturated heterocycles. The van der Waals surface area contributed by atoms with Crippen LogP contribution in [0, 0.1) is 0 Å². The molecule has 9 heteroatoms. The van der Waals surface area contributed by atoms with E-state index in [1.807, 2.05) is 64.5 Å².